The van der Waals surface area contributed by atoms with E-state index in [0.29, 0.717) is 10.6 Å². The van der Waals surface area contributed by atoms with Gasteiger partial charge in [0.15, 0.2) is 0 Å². The molecule has 1 atom stereocenters. The van der Waals surface area contributed by atoms with Crippen molar-refractivity contribution in [1.29, 1.82) is 0 Å². The van der Waals surface area contributed by atoms with E-state index in [1.807, 2.05) is 30.3 Å². The van der Waals surface area contributed by atoms with Crippen molar-refractivity contribution in [2.45, 2.75) is 6.04 Å². The first kappa shape index (κ1) is 12.2. The van der Waals surface area contributed by atoms with Crippen molar-refractivity contribution < 1.29 is 5.11 Å². The van der Waals surface area contributed by atoms with Gasteiger partial charge < -0.3 is 10.8 Å². The minimum Gasteiger partial charge on any atom is -0.506 e. The Balaban J connectivity index is 2.48. The molecule has 0 aliphatic rings. The van der Waals surface area contributed by atoms with E-state index in [2.05, 4.69) is 0 Å². The number of benzene rings is 2. The average molecular weight is 268 g/mol. The van der Waals surface area contributed by atoms with Crippen molar-refractivity contribution in [2.75, 3.05) is 0 Å². The zero-order chi connectivity index (χ0) is 12.4. The largest absolute Gasteiger partial charge is 0.506 e. The molecule has 17 heavy (non-hydrogen) atoms. The van der Waals surface area contributed by atoms with Crippen LogP contribution in [0.4, 0.5) is 0 Å². The van der Waals surface area contributed by atoms with Crippen LogP contribution in [0.15, 0.2) is 42.5 Å². The minimum absolute atomic E-state index is 0.0209. The molecule has 0 spiro atoms. The van der Waals surface area contributed by atoms with E-state index < -0.39 is 6.04 Å². The predicted molar refractivity (Wildman–Crippen MR) is 70.6 cm³/mol. The second-order valence-electron chi connectivity index (χ2n) is 3.71. The van der Waals surface area contributed by atoms with Crippen LogP contribution in [-0.2, 0) is 0 Å². The van der Waals surface area contributed by atoms with Gasteiger partial charge in [-0.2, -0.15) is 0 Å². The first-order chi connectivity index (χ1) is 8.09. The van der Waals surface area contributed by atoms with Gasteiger partial charge in [0.1, 0.15) is 5.75 Å². The topological polar surface area (TPSA) is 46.2 Å². The van der Waals surface area contributed by atoms with Crippen molar-refractivity contribution >= 4 is 23.2 Å². The SMILES string of the molecule is NC(c1ccccc1)c1cc(Cl)cc(Cl)c1O. The van der Waals surface area contributed by atoms with Gasteiger partial charge in [-0.15, -0.1) is 0 Å². The zero-order valence-electron chi connectivity index (χ0n) is 8.90. The number of nitrogens with two attached hydrogens (primary N) is 1. The molecule has 2 aromatic carbocycles. The molecule has 1 unspecified atom stereocenters. The number of rotatable bonds is 2. The molecule has 0 saturated heterocycles. The second kappa shape index (κ2) is 4.96. The van der Waals surface area contributed by atoms with Crippen LogP contribution in [0.25, 0.3) is 0 Å². The Bertz CT molecular complexity index is 528. The molecule has 2 rings (SSSR count). The zero-order valence-corrected chi connectivity index (χ0v) is 10.4. The lowest BCUT2D eigenvalue weighted by Gasteiger charge is -2.15. The summed E-state index contributed by atoms with van der Waals surface area (Å²) in [6, 6.07) is 12.1. The number of aromatic hydroxyl groups is 1. The molecule has 0 aliphatic carbocycles. The molecule has 0 aromatic heterocycles. The van der Waals surface area contributed by atoms with Gasteiger partial charge in [-0.3, -0.25) is 0 Å². The quantitative estimate of drug-likeness (QED) is 0.871. The number of hydrogen-bond acceptors (Lipinski definition) is 2. The summed E-state index contributed by atoms with van der Waals surface area (Å²) in [5, 5.41) is 10.5. The molecule has 2 nitrogen and oxygen atoms in total. The van der Waals surface area contributed by atoms with Gasteiger partial charge >= 0.3 is 0 Å². The fourth-order valence-electron chi connectivity index (χ4n) is 1.66. The number of phenols is 1. The van der Waals surface area contributed by atoms with Gasteiger partial charge in [0.05, 0.1) is 11.1 Å². The molecule has 3 N–H and O–H groups in total. The van der Waals surface area contributed by atoms with Gasteiger partial charge in [0, 0.05) is 10.6 Å². The summed E-state index contributed by atoms with van der Waals surface area (Å²) in [6.07, 6.45) is 0. The predicted octanol–water partition coefficient (Wildman–Crippen LogP) is 3.75. The smallest absolute Gasteiger partial charge is 0.139 e. The van der Waals surface area contributed by atoms with Gasteiger partial charge in [-0.25, -0.2) is 0 Å². The highest BCUT2D eigenvalue weighted by Gasteiger charge is 2.16. The summed E-state index contributed by atoms with van der Waals surface area (Å²) in [5.74, 6) is -0.0209. The molecule has 4 heteroatoms. The lowest BCUT2D eigenvalue weighted by molar-refractivity contribution is 0.465. The maximum atomic E-state index is 9.88. The van der Waals surface area contributed by atoms with Crippen LogP contribution >= 0.6 is 23.2 Å². The van der Waals surface area contributed by atoms with E-state index in [4.69, 9.17) is 28.9 Å². The van der Waals surface area contributed by atoms with E-state index in [9.17, 15) is 5.11 Å². The lowest BCUT2D eigenvalue weighted by Crippen LogP contribution is -2.12. The van der Waals surface area contributed by atoms with Crippen molar-refractivity contribution in [3.63, 3.8) is 0 Å². The standard InChI is InChI=1S/C13H11Cl2NO/c14-9-6-10(13(17)11(15)7-9)12(16)8-4-2-1-3-5-8/h1-7,12,17H,16H2. The highest BCUT2D eigenvalue weighted by molar-refractivity contribution is 6.35. The number of halogens is 2. The number of hydrogen-bond donors (Lipinski definition) is 2. The van der Waals surface area contributed by atoms with E-state index in [0.717, 1.165) is 5.56 Å². The Labute approximate surface area is 110 Å². The summed E-state index contributed by atoms with van der Waals surface area (Å²) in [4.78, 5) is 0. The fraction of sp³-hybridized carbons (Fsp3) is 0.0769. The van der Waals surface area contributed by atoms with Gasteiger partial charge in [-0.05, 0) is 17.7 Å². The number of phenolic OH excluding ortho intramolecular Hbond substituents is 1. The first-order valence-electron chi connectivity index (χ1n) is 5.08. The normalized spacial score (nSPS) is 12.4. The second-order valence-corrected chi connectivity index (χ2v) is 4.56. The van der Waals surface area contributed by atoms with Gasteiger partial charge in [0.25, 0.3) is 0 Å². The summed E-state index contributed by atoms with van der Waals surface area (Å²) >= 11 is 11.8. The highest BCUT2D eigenvalue weighted by Crippen LogP contribution is 2.36. The summed E-state index contributed by atoms with van der Waals surface area (Å²) in [7, 11) is 0. The Morgan fingerprint density at radius 2 is 1.71 bits per heavy atom. The minimum atomic E-state index is -0.451. The average Bonchev–Trinajstić information content (AvgIpc) is 2.34. The molecule has 0 radical (unpaired) electrons. The molecule has 0 fully saturated rings. The molecular weight excluding hydrogens is 257 g/mol. The van der Waals surface area contributed by atoms with Crippen LogP contribution in [0.2, 0.25) is 10.0 Å². The van der Waals surface area contributed by atoms with Crippen LogP contribution in [0, 0.1) is 0 Å². The van der Waals surface area contributed by atoms with Gasteiger partial charge in [-0.1, -0.05) is 53.5 Å². The van der Waals surface area contributed by atoms with E-state index in [1.165, 1.54) is 6.07 Å². The Morgan fingerprint density at radius 3 is 2.35 bits per heavy atom. The van der Waals surface area contributed by atoms with E-state index in [-0.39, 0.29) is 10.8 Å². The van der Waals surface area contributed by atoms with Crippen molar-refractivity contribution in [2.24, 2.45) is 5.73 Å². The third-order valence-corrected chi connectivity index (χ3v) is 3.06. The molecular formula is C13H11Cl2NO. The molecule has 88 valence electrons. The summed E-state index contributed by atoms with van der Waals surface area (Å²) in [6.45, 7) is 0. The molecule has 0 heterocycles. The third-order valence-electron chi connectivity index (χ3n) is 2.55. The van der Waals surface area contributed by atoms with Crippen LogP contribution in [0.1, 0.15) is 17.2 Å². The molecule has 0 saturated carbocycles. The molecule has 0 bridgehead atoms. The fourth-order valence-corrected chi connectivity index (χ4v) is 2.17. The van der Waals surface area contributed by atoms with Crippen LogP contribution in [0.5, 0.6) is 5.75 Å². The Kier molecular flexibility index (Phi) is 3.57. The lowest BCUT2D eigenvalue weighted by atomic mass is 9.99. The van der Waals surface area contributed by atoms with E-state index >= 15 is 0 Å². The maximum Gasteiger partial charge on any atom is 0.139 e. The monoisotopic (exact) mass is 267 g/mol. The van der Waals surface area contributed by atoms with E-state index in [1.54, 1.807) is 6.07 Å². The molecule has 0 aliphatic heterocycles. The molecule has 0 amide bonds. The third kappa shape index (κ3) is 2.55. The van der Waals surface area contributed by atoms with Crippen LogP contribution in [-0.4, -0.2) is 5.11 Å². The highest BCUT2D eigenvalue weighted by atomic mass is 35.5. The summed E-state index contributed by atoms with van der Waals surface area (Å²) in [5.41, 5.74) is 7.49. The Hall–Kier alpha value is -1.22. The van der Waals surface area contributed by atoms with Crippen molar-refractivity contribution in [1.82, 2.24) is 0 Å². The maximum absolute atomic E-state index is 9.88. The first-order valence-corrected chi connectivity index (χ1v) is 5.83. The van der Waals surface area contributed by atoms with Gasteiger partial charge in [0.2, 0.25) is 0 Å². The van der Waals surface area contributed by atoms with Crippen molar-refractivity contribution in [3.8, 4) is 5.75 Å². The molecule has 2 aromatic rings. The van der Waals surface area contributed by atoms with Crippen LogP contribution < -0.4 is 5.73 Å². The Morgan fingerprint density at radius 1 is 1.06 bits per heavy atom. The van der Waals surface area contributed by atoms with Crippen LogP contribution in [0.3, 0.4) is 0 Å². The summed E-state index contributed by atoms with van der Waals surface area (Å²) < 4.78 is 0. The van der Waals surface area contributed by atoms with Crippen molar-refractivity contribution in [3.05, 3.63) is 63.6 Å².